The average molecular weight is 339 g/mol. The number of ether oxygens (including phenoxy) is 1. The molecular weight excluding hydrogens is 314 g/mol. The lowest BCUT2D eigenvalue weighted by Crippen LogP contribution is -2.46. The van der Waals surface area contributed by atoms with Gasteiger partial charge in [-0.3, -0.25) is 4.79 Å². The minimum Gasteiger partial charge on any atom is -0.464 e. The molecule has 2 unspecified atom stereocenters. The second-order valence-electron chi connectivity index (χ2n) is 5.66. The van der Waals surface area contributed by atoms with Gasteiger partial charge in [0.1, 0.15) is 6.04 Å². The first-order valence-electron chi connectivity index (χ1n) is 8.33. The van der Waals surface area contributed by atoms with Crippen molar-refractivity contribution in [2.45, 2.75) is 57.4 Å². The molecular formula is C17H25NO4S. The Hall–Kier alpha value is -1.43. The van der Waals surface area contributed by atoms with Crippen LogP contribution in [-0.4, -0.2) is 40.6 Å². The molecule has 1 aromatic heterocycles. The van der Waals surface area contributed by atoms with E-state index in [9.17, 15) is 9.59 Å². The molecule has 2 rings (SSSR count). The number of thioether (sulfide) groups is 1. The van der Waals surface area contributed by atoms with Crippen LogP contribution in [0.2, 0.25) is 0 Å². The predicted molar refractivity (Wildman–Crippen MR) is 90.3 cm³/mol. The Balaban J connectivity index is 2.11. The summed E-state index contributed by atoms with van der Waals surface area (Å²) in [6.45, 7) is 4.50. The monoisotopic (exact) mass is 339 g/mol. The smallest absolute Gasteiger partial charge is 0.329 e. The van der Waals surface area contributed by atoms with Gasteiger partial charge in [-0.15, -0.1) is 11.8 Å². The molecule has 0 bridgehead atoms. The number of rotatable bonds is 8. The third-order valence-corrected chi connectivity index (χ3v) is 5.19. The summed E-state index contributed by atoms with van der Waals surface area (Å²) in [5.74, 6) is 0.338. The fraction of sp³-hybridized carbons (Fsp3) is 0.647. The third kappa shape index (κ3) is 4.53. The van der Waals surface area contributed by atoms with Crippen molar-refractivity contribution in [3.63, 3.8) is 0 Å². The van der Waals surface area contributed by atoms with Crippen LogP contribution in [-0.2, 0) is 9.53 Å². The van der Waals surface area contributed by atoms with Crippen LogP contribution in [0.4, 0.5) is 0 Å². The highest BCUT2D eigenvalue weighted by Gasteiger charge is 2.43. The molecule has 0 radical (unpaired) electrons. The lowest BCUT2D eigenvalue weighted by atomic mass is 10.1. The number of carbonyl (C=O) groups is 2. The molecule has 2 atom stereocenters. The Bertz CT molecular complexity index is 503. The number of unbranched alkanes of at least 4 members (excludes halogenated alkanes) is 2. The fourth-order valence-electron chi connectivity index (χ4n) is 2.64. The maximum Gasteiger partial charge on any atom is 0.329 e. The van der Waals surface area contributed by atoms with Gasteiger partial charge in [0, 0.05) is 5.75 Å². The van der Waals surface area contributed by atoms with Gasteiger partial charge in [0.15, 0.2) is 5.76 Å². The topological polar surface area (TPSA) is 59.8 Å². The highest BCUT2D eigenvalue weighted by Crippen LogP contribution is 2.34. The molecule has 128 valence electrons. The average Bonchev–Trinajstić information content (AvgIpc) is 3.22. The van der Waals surface area contributed by atoms with Gasteiger partial charge in [-0.1, -0.05) is 33.1 Å². The second-order valence-corrected chi connectivity index (χ2v) is 6.87. The van der Waals surface area contributed by atoms with Crippen molar-refractivity contribution >= 4 is 23.6 Å². The summed E-state index contributed by atoms with van der Waals surface area (Å²) >= 11 is 1.66. The normalized spacial score (nSPS) is 20.7. The first-order valence-corrected chi connectivity index (χ1v) is 9.38. The molecule has 5 nitrogen and oxygen atoms in total. The van der Waals surface area contributed by atoms with Gasteiger partial charge in [-0.05, 0) is 25.0 Å². The largest absolute Gasteiger partial charge is 0.464 e. The lowest BCUT2D eigenvalue weighted by molar-refractivity contribution is -0.148. The SMILES string of the molecule is CCCCCC1SCC(C(=O)OCCC)N1C(=O)c1ccco1. The molecule has 0 aliphatic carbocycles. The van der Waals surface area contributed by atoms with Crippen LogP contribution < -0.4 is 0 Å². The third-order valence-electron chi connectivity index (χ3n) is 3.83. The van der Waals surface area contributed by atoms with Crippen molar-refractivity contribution in [2.24, 2.45) is 0 Å². The standard InChI is InChI=1S/C17H25NO4S/c1-3-5-6-9-15-18(16(19)14-8-7-11-21-14)13(12-23-15)17(20)22-10-4-2/h7-8,11,13,15H,3-6,9-10,12H2,1-2H3. The maximum atomic E-state index is 12.8. The zero-order chi connectivity index (χ0) is 16.7. The Kier molecular flexibility index (Phi) is 7.02. The molecule has 0 aromatic carbocycles. The van der Waals surface area contributed by atoms with Gasteiger partial charge >= 0.3 is 5.97 Å². The van der Waals surface area contributed by atoms with Gasteiger partial charge in [-0.2, -0.15) is 0 Å². The minimum absolute atomic E-state index is 0.0123. The molecule has 1 fully saturated rings. The first-order chi connectivity index (χ1) is 11.2. The summed E-state index contributed by atoms with van der Waals surface area (Å²) in [4.78, 5) is 26.7. The minimum atomic E-state index is -0.518. The molecule has 0 saturated carbocycles. The molecule has 2 heterocycles. The Morgan fingerprint density at radius 3 is 2.83 bits per heavy atom. The predicted octanol–water partition coefficient (Wildman–Crippen LogP) is 3.70. The van der Waals surface area contributed by atoms with Crippen LogP contribution >= 0.6 is 11.8 Å². The quantitative estimate of drug-likeness (QED) is 0.534. The van der Waals surface area contributed by atoms with E-state index >= 15 is 0 Å². The summed E-state index contributed by atoms with van der Waals surface area (Å²) in [6, 6.07) is 2.81. The van der Waals surface area contributed by atoms with E-state index < -0.39 is 6.04 Å². The van der Waals surface area contributed by atoms with Crippen molar-refractivity contribution in [2.75, 3.05) is 12.4 Å². The first kappa shape index (κ1) is 17.9. The molecule has 1 saturated heterocycles. The van der Waals surface area contributed by atoms with Gasteiger partial charge in [0.05, 0.1) is 18.2 Å². The highest BCUT2D eigenvalue weighted by atomic mass is 32.2. The van der Waals surface area contributed by atoms with E-state index in [0.29, 0.717) is 12.4 Å². The van der Waals surface area contributed by atoms with Crippen LogP contribution in [0, 0.1) is 0 Å². The van der Waals surface area contributed by atoms with Crippen molar-refractivity contribution in [1.82, 2.24) is 4.90 Å². The molecule has 23 heavy (non-hydrogen) atoms. The number of amides is 1. The molecule has 1 aliphatic heterocycles. The number of esters is 1. The van der Waals surface area contributed by atoms with Crippen LogP contribution in [0.1, 0.15) is 56.5 Å². The maximum absolute atomic E-state index is 12.8. The molecule has 1 aromatic rings. The van der Waals surface area contributed by atoms with E-state index in [1.165, 1.54) is 6.26 Å². The summed E-state index contributed by atoms with van der Waals surface area (Å²) in [6.07, 6.45) is 6.45. The number of hydrogen-bond acceptors (Lipinski definition) is 5. The lowest BCUT2D eigenvalue weighted by Gasteiger charge is -2.27. The Labute approximate surface area is 141 Å². The Morgan fingerprint density at radius 1 is 1.35 bits per heavy atom. The van der Waals surface area contributed by atoms with Crippen LogP contribution in [0.3, 0.4) is 0 Å². The van der Waals surface area contributed by atoms with Crippen LogP contribution in [0.25, 0.3) is 0 Å². The van der Waals surface area contributed by atoms with E-state index in [4.69, 9.17) is 9.15 Å². The number of carbonyl (C=O) groups excluding carboxylic acids is 2. The van der Waals surface area contributed by atoms with E-state index in [2.05, 4.69) is 6.92 Å². The zero-order valence-electron chi connectivity index (χ0n) is 13.8. The van der Waals surface area contributed by atoms with Crippen molar-refractivity contribution in [3.8, 4) is 0 Å². The second kappa shape index (κ2) is 9.01. The molecule has 1 aliphatic rings. The van der Waals surface area contributed by atoms with Gasteiger partial charge in [0.25, 0.3) is 5.91 Å². The van der Waals surface area contributed by atoms with Crippen molar-refractivity contribution < 1.29 is 18.7 Å². The molecule has 0 spiro atoms. The van der Waals surface area contributed by atoms with Crippen molar-refractivity contribution in [1.29, 1.82) is 0 Å². The summed E-state index contributed by atoms with van der Waals surface area (Å²) in [7, 11) is 0. The van der Waals surface area contributed by atoms with Gasteiger partial charge in [-0.25, -0.2) is 4.79 Å². The van der Waals surface area contributed by atoms with E-state index in [1.807, 2.05) is 6.92 Å². The molecule has 6 heteroatoms. The van der Waals surface area contributed by atoms with E-state index in [-0.39, 0.29) is 23.0 Å². The van der Waals surface area contributed by atoms with E-state index in [0.717, 1.165) is 32.1 Å². The summed E-state index contributed by atoms with van der Waals surface area (Å²) < 4.78 is 10.5. The van der Waals surface area contributed by atoms with E-state index in [1.54, 1.807) is 28.8 Å². The molecule has 1 amide bonds. The van der Waals surface area contributed by atoms with Gasteiger partial charge in [0.2, 0.25) is 0 Å². The highest BCUT2D eigenvalue weighted by molar-refractivity contribution is 8.00. The van der Waals surface area contributed by atoms with Crippen LogP contribution in [0.15, 0.2) is 22.8 Å². The number of nitrogens with zero attached hydrogens (tertiary/aromatic N) is 1. The molecule has 0 N–H and O–H groups in total. The summed E-state index contributed by atoms with van der Waals surface area (Å²) in [5.41, 5.74) is 0. The van der Waals surface area contributed by atoms with Crippen LogP contribution in [0.5, 0.6) is 0 Å². The fourth-order valence-corrected chi connectivity index (χ4v) is 4.07. The summed E-state index contributed by atoms with van der Waals surface area (Å²) in [5, 5.41) is 0.0123. The number of furan rings is 1. The van der Waals surface area contributed by atoms with Crippen molar-refractivity contribution in [3.05, 3.63) is 24.2 Å². The van der Waals surface area contributed by atoms with Gasteiger partial charge < -0.3 is 14.1 Å². The number of hydrogen-bond donors (Lipinski definition) is 0. The zero-order valence-corrected chi connectivity index (χ0v) is 14.6. The Morgan fingerprint density at radius 2 is 2.17 bits per heavy atom.